The summed E-state index contributed by atoms with van der Waals surface area (Å²) < 4.78 is 1.66. The number of carbonyl (C=O) groups excluding carboxylic acids is 1. The fraction of sp³-hybridized carbons (Fsp3) is 0.333. The lowest BCUT2D eigenvalue weighted by Gasteiger charge is -2.29. The minimum atomic E-state index is 0.0373. The molecule has 0 bridgehead atoms. The molecule has 4 heteroatoms. The molecule has 98 valence electrons. The summed E-state index contributed by atoms with van der Waals surface area (Å²) in [7, 11) is 1.82. The first-order chi connectivity index (χ1) is 9.16. The molecule has 2 aromatic rings. The highest BCUT2D eigenvalue weighted by Crippen LogP contribution is 2.28. The van der Waals surface area contributed by atoms with Crippen molar-refractivity contribution in [2.45, 2.75) is 19.8 Å². The van der Waals surface area contributed by atoms with Gasteiger partial charge in [0.2, 0.25) is 0 Å². The molecule has 1 amide bonds. The fourth-order valence-corrected chi connectivity index (χ4v) is 2.69. The fourth-order valence-electron chi connectivity index (χ4n) is 2.69. The number of amides is 1. The summed E-state index contributed by atoms with van der Waals surface area (Å²) in [5.41, 5.74) is 3.81. The first-order valence-corrected chi connectivity index (χ1v) is 6.57. The predicted molar refractivity (Wildman–Crippen MR) is 74.4 cm³/mol. The number of carbonyl (C=O) groups is 1. The van der Waals surface area contributed by atoms with E-state index >= 15 is 0 Å². The lowest BCUT2D eigenvalue weighted by atomic mass is 10.0. The smallest absolute Gasteiger partial charge is 0.276 e. The minimum absolute atomic E-state index is 0.0373. The molecule has 0 spiro atoms. The Morgan fingerprint density at radius 3 is 2.84 bits per heavy atom. The third-order valence-electron chi connectivity index (χ3n) is 3.58. The average Bonchev–Trinajstić information content (AvgIpc) is 2.76. The summed E-state index contributed by atoms with van der Waals surface area (Å²) in [5.74, 6) is 0.0373. The van der Waals surface area contributed by atoms with Crippen molar-refractivity contribution < 1.29 is 4.79 Å². The number of hydrogen-bond acceptors (Lipinski definition) is 2. The zero-order valence-corrected chi connectivity index (χ0v) is 11.3. The summed E-state index contributed by atoms with van der Waals surface area (Å²) in [6.07, 6.45) is 2.06. The maximum atomic E-state index is 12.7. The van der Waals surface area contributed by atoms with E-state index in [1.54, 1.807) is 4.68 Å². The highest BCUT2D eigenvalue weighted by molar-refractivity contribution is 6.05. The maximum absolute atomic E-state index is 12.7. The van der Waals surface area contributed by atoms with Crippen molar-refractivity contribution in [3.05, 3.63) is 47.3 Å². The van der Waals surface area contributed by atoms with Crippen molar-refractivity contribution in [3.63, 3.8) is 0 Å². The lowest BCUT2D eigenvalue weighted by molar-refractivity contribution is 0.0976. The number of aryl methyl sites for hydroxylation is 3. The Morgan fingerprint density at radius 1 is 1.32 bits per heavy atom. The van der Waals surface area contributed by atoms with Crippen LogP contribution in [0, 0.1) is 6.92 Å². The van der Waals surface area contributed by atoms with Gasteiger partial charge < -0.3 is 4.90 Å². The molecule has 2 heterocycles. The standard InChI is InChI=1S/C15H17N3O/c1-11-10-14(17(2)16-11)15(19)18-9-5-7-12-6-3-4-8-13(12)18/h3-4,6,8,10H,5,7,9H2,1-2H3. The third kappa shape index (κ3) is 2.03. The van der Waals surface area contributed by atoms with Gasteiger partial charge in [-0.15, -0.1) is 0 Å². The van der Waals surface area contributed by atoms with E-state index in [1.165, 1.54) is 5.56 Å². The lowest BCUT2D eigenvalue weighted by Crippen LogP contribution is -2.36. The maximum Gasteiger partial charge on any atom is 0.276 e. The summed E-state index contributed by atoms with van der Waals surface area (Å²) in [4.78, 5) is 14.5. The van der Waals surface area contributed by atoms with Crippen molar-refractivity contribution in [3.8, 4) is 0 Å². The van der Waals surface area contributed by atoms with E-state index in [9.17, 15) is 4.79 Å². The molecule has 1 aliphatic heterocycles. The monoisotopic (exact) mass is 255 g/mol. The number of nitrogens with zero attached hydrogens (tertiary/aromatic N) is 3. The van der Waals surface area contributed by atoms with Crippen LogP contribution in [0.25, 0.3) is 0 Å². The molecule has 0 radical (unpaired) electrons. The Kier molecular flexibility index (Phi) is 2.85. The first kappa shape index (κ1) is 12.0. The van der Waals surface area contributed by atoms with Crippen molar-refractivity contribution >= 4 is 11.6 Å². The van der Waals surface area contributed by atoms with Crippen LogP contribution in [0.3, 0.4) is 0 Å². The zero-order chi connectivity index (χ0) is 13.4. The molecule has 19 heavy (non-hydrogen) atoms. The Labute approximate surface area is 112 Å². The van der Waals surface area contributed by atoms with Gasteiger partial charge in [0.25, 0.3) is 5.91 Å². The van der Waals surface area contributed by atoms with E-state index in [4.69, 9.17) is 0 Å². The van der Waals surface area contributed by atoms with Gasteiger partial charge in [0, 0.05) is 19.3 Å². The second-order valence-electron chi connectivity index (χ2n) is 4.98. The van der Waals surface area contributed by atoms with E-state index in [-0.39, 0.29) is 5.91 Å². The molecule has 0 fully saturated rings. The van der Waals surface area contributed by atoms with Crippen LogP contribution >= 0.6 is 0 Å². The van der Waals surface area contributed by atoms with E-state index < -0.39 is 0 Å². The molecule has 0 aliphatic carbocycles. The molecule has 0 unspecified atom stereocenters. The van der Waals surface area contributed by atoms with Crippen molar-refractivity contribution in [1.29, 1.82) is 0 Å². The minimum Gasteiger partial charge on any atom is -0.307 e. The van der Waals surface area contributed by atoms with Gasteiger partial charge in [0.1, 0.15) is 5.69 Å². The van der Waals surface area contributed by atoms with E-state index in [1.807, 2.05) is 43.1 Å². The number of anilines is 1. The molecule has 3 rings (SSSR count). The molecule has 0 saturated heterocycles. The highest BCUT2D eigenvalue weighted by atomic mass is 16.2. The summed E-state index contributed by atoms with van der Waals surface area (Å²) in [5, 5.41) is 4.25. The van der Waals surface area contributed by atoms with Gasteiger partial charge >= 0.3 is 0 Å². The van der Waals surface area contributed by atoms with Crippen LogP contribution < -0.4 is 4.90 Å². The Hall–Kier alpha value is -2.10. The highest BCUT2D eigenvalue weighted by Gasteiger charge is 2.25. The largest absolute Gasteiger partial charge is 0.307 e. The average molecular weight is 255 g/mol. The van der Waals surface area contributed by atoms with Gasteiger partial charge in [-0.1, -0.05) is 18.2 Å². The molecule has 1 aromatic heterocycles. The van der Waals surface area contributed by atoms with E-state index in [0.717, 1.165) is 30.8 Å². The van der Waals surface area contributed by atoms with Crippen molar-refractivity contribution in [2.75, 3.05) is 11.4 Å². The molecule has 1 aromatic carbocycles. The van der Waals surface area contributed by atoms with Crippen LogP contribution in [0.4, 0.5) is 5.69 Å². The number of para-hydroxylation sites is 1. The zero-order valence-electron chi connectivity index (χ0n) is 11.3. The molecular weight excluding hydrogens is 238 g/mol. The van der Waals surface area contributed by atoms with Gasteiger partial charge in [0.05, 0.1) is 5.69 Å². The Balaban J connectivity index is 2.00. The third-order valence-corrected chi connectivity index (χ3v) is 3.58. The van der Waals surface area contributed by atoms with Crippen molar-refractivity contribution in [2.24, 2.45) is 7.05 Å². The molecule has 0 atom stereocenters. The van der Waals surface area contributed by atoms with Gasteiger partial charge in [-0.05, 0) is 37.5 Å². The van der Waals surface area contributed by atoms with Crippen LogP contribution in [-0.4, -0.2) is 22.2 Å². The Bertz CT molecular complexity index is 630. The quantitative estimate of drug-likeness (QED) is 0.784. The number of hydrogen-bond donors (Lipinski definition) is 0. The van der Waals surface area contributed by atoms with Crippen LogP contribution in [0.1, 0.15) is 28.2 Å². The van der Waals surface area contributed by atoms with Crippen LogP contribution in [0.15, 0.2) is 30.3 Å². The normalized spacial score (nSPS) is 14.3. The number of benzene rings is 1. The second kappa shape index (κ2) is 4.53. The molecule has 1 aliphatic rings. The van der Waals surface area contributed by atoms with Gasteiger partial charge in [-0.2, -0.15) is 5.10 Å². The molecule has 0 saturated carbocycles. The summed E-state index contributed by atoms with van der Waals surface area (Å²) in [6, 6.07) is 9.98. The van der Waals surface area contributed by atoms with Gasteiger partial charge in [-0.3, -0.25) is 9.48 Å². The van der Waals surface area contributed by atoms with Crippen LogP contribution in [-0.2, 0) is 13.5 Å². The topological polar surface area (TPSA) is 38.1 Å². The SMILES string of the molecule is Cc1cc(C(=O)N2CCCc3ccccc32)n(C)n1. The first-order valence-electron chi connectivity index (χ1n) is 6.57. The number of fused-ring (bicyclic) bond motifs is 1. The number of rotatable bonds is 1. The van der Waals surface area contributed by atoms with Crippen LogP contribution in [0.5, 0.6) is 0 Å². The van der Waals surface area contributed by atoms with Gasteiger partial charge in [-0.25, -0.2) is 0 Å². The Morgan fingerprint density at radius 2 is 2.11 bits per heavy atom. The van der Waals surface area contributed by atoms with Crippen molar-refractivity contribution in [1.82, 2.24) is 9.78 Å². The van der Waals surface area contributed by atoms with Crippen LogP contribution in [0.2, 0.25) is 0 Å². The second-order valence-corrected chi connectivity index (χ2v) is 4.98. The molecule has 0 N–H and O–H groups in total. The summed E-state index contributed by atoms with van der Waals surface area (Å²) >= 11 is 0. The molecular formula is C15H17N3O. The summed E-state index contributed by atoms with van der Waals surface area (Å²) in [6.45, 7) is 2.68. The molecule has 4 nitrogen and oxygen atoms in total. The predicted octanol–water partition coefficient (Wildman–Crippen LogP) is 2.32. The van der Waals surface area contributed by atoms with E-state index in [0.29, 0.717) is 5.69 Å². The van der Waals surface area contributed by atoms with Gasteiger partial charge in [0.15, 0.2) is 0 Å². The number of aromatic nitrogens is 2. The van der Waals surface area contributed by atoms with E-state index in [2.05, 4.69) is 11.2 Å².